The van der Waals surface area contributed by atoms with Gasteiger partial charge in [-0.2, -0.15) is 0 Å². The number of pyridine rings is 1. The highest BCUT2D eigenvalue weighted by Crippen LogP contribution is 2.25. The summed E-state index contributed by atoms with van der Waals surface area (Å²) in [6, 6.07) is 12.4. The van der Waals surface area contributed by atoms with E-state index in [1.54, 1.807) is 36.4 Å². The minimum absolute atomic E-state index is 0.144. The lowest BCUT2D eigenvalue weighted by Gasteiger charge is -2.32. The molecule has 0 radical (unpaired) electrons. The number of nitrogens with one attached hydrogen (secondary N) is 2. The lowest BCUT2D eigenvalue weighted by atomic mass is 10.0. The van der Waals surface area contributed by atoms with Crippen LogP contribution in [0.4, 0.5) is 5.82 Å². The predicted molar refractivity (Wildman–Crippen MR) is 135 cm³/mol. The van der Waals surface area contributed by atoms with Gasteiger partial charge in [-0.25, -0.2) is 4.98 Å². The highest BCUT2D eigenvalue weighted by molar-refractivity contribution is 5.91. The van der Waals surface area contributed by atoms with Crippen LogP contribution >= 0.6 is 0 Å². The number of methoxy groups -OCH3 is 1. The third-order valence-electron chi connectivity index (χ3n) is 6.24. The molecule has 1 saturated carbocycles. The fourth-order valence-corrected chi connectivity index (χ4v) is 4.35. The quantitative estimate of drug-likeness (QED) is 0.482. The molecule has 1 fully saturated rings. The Morgan fingerprint density at radius 2 is 1.83 bits per heavy atom. The van der Waals surface area contributed by atoms with Crippen molar-refractivity contribution in [2.24, 2.45) is 0 Å². The van der Waals surface area contributed by atoms with Crippen LogP contribution in [-0.2, 0) is 19.1 Å². The Balaban J connectivity index is 1.69. The fraction of sp³-hybridized carbons (Fsp3) is 0.481. The number of hydrogen-bond acceptors (Lipinski definition) is 5. The summed E-state index contributed by atoms with van der Waals surface area (Å²) < 4.78 is 5.25. The third kappa shape index (κ3) is 8.17. The molecule has 0 bridgehead atoms. The van der Waals surface area contributed by atoms with E-state index in [1.807, 2.05) is 31.2 Å². The molecule has 3 rings (SSSR count). The average molecular weight is 481 g/mol. The maximum Gasteiger partial charge on any atom is 0.247 e. The normalized spacial score (nSPS) is 14.3. The second kappa shape index (κ2) is 13.6. The SMILES string of the molecule is COCCN(C(=O)CCCC(=O)Nc1ccccn1)[C@H](C(=O)NC1CCCC1)c1ccc(C)cc1. The molecule has 2 N–H and O–H groups in total. The van der Waals surface area contributed by atoms with Gasteiger partial charge in [0.15, 0.2) is 0 Å². The number of aryl methyl sites for hydroxylation is 1. The van der Waals surface area contributed by atoms with Crippen LogP contribution in [0, 0.1) is 6.92 Å². The smallest absolute Gasteiger partial charge is 0.247 e. The number of nitrogens with zero attached hydrogens (tertiary/aromatic N) is 2. The zero-order chi connectivity index (χ0) is 25.0. The molecule has 35 heavy (non-hydrogen) atoms. The van der Waals surface area contributed by atoms with Crippen LogP contribution in [0.1, 0.15) is 62.1 Å². The van der Waals surface area contributed by atoms with Crippen LogP contribution in [0.2, 0.25) is 0 Å². The predicted octanol–water partition coefficient (Wildman–Crippen LogP) is 3.77. The summed E-state index contributed by atoms with van der Waals surface area (Å²) >= 11 is 0. The van der Waals surface area contributed by atoms with Crippen LogP contribution < -0.4 is 10.6 Å². The molecular weight excluding hydrogens is 444 g/mol. The van der Waals surface area contributed by atoms with Gasteiger partial charge in [0.1, 0.15) is 11.9 Å². The molecule has 3 amide bonds. The van der Waals surface area contributed by atoms with E-state index in [2.05, 4.69) is 15.6 Å². The van der Waals surface area contributed by atoms with E-state index in [4.69, 9.17) is 4.74 Å². The average Bonchev–Trinajstić information content (AvgIpc) is 3.36. The second-order valence-corrected chi connectivity index (χ2v) is 9.00. The number of amides is 3. The number of anilines is 1. The first-order valence-corrected chi connectivity index (χ1v) is 12.3. The van der Waals surface area contributed by atoms with Crippen LogP contribution in [0.3, 0.4) is 0 Å². The molecule has 8 heteroatoms. The van der Waals surface area contributed by atoms with Crippen molar-refractivity contribution in [3.63, 3.8) is 0 Å². The van der Waals surface area contributed by atoms with Crippen molar-refractivity contribution in [1.29, 1.82) is 0 Å². The van der Waals surface area contributed by atoms with Gasteiger partial charge in [-0.05, 0) is 43.9 Å². The summed E-state index contributed by atoms with van der Waals surface area (Å²) in [5, 5.41) is 5.89. The van der Waals surface area contributed by atoms with Crippen molar-refractivity contribution < 1.29 is 19.1 Å². The molecule has 1 atom stereocenters. The van der Waals surface area contributed by atoms with Gasteiger partial charge >= 0.3 is 0 Å². The maximum atomic E-state index is 13.5. The van der Waals surface area contributed by atoms with Gasteiger partial charge in [-0.1, -0.05) is 48.7 Å². The monoisotopic (exact) mass is 480 g/mol. The molecule has 0 saturated heterocycles. The van der Waals surface area contributed by atoms with Crippen molar-refractivity contribution in [3.05, 3.63) is 59.8 Å². The minimum Gasteiger partial charge on any atom is -0.383 e. The lowest BCUT2D eigenvalue weighted by molar-refractivity contribution is -0.142. The minimum atomic E-state index is -0.749. The highest BCUT2D eigenvalue weighted by Gasteiger charge is 2.32. The summed E-state index contributed by atoms with van der Waals surface area (Å²) in [7, 11) is 1.57. The van der Waals surface area contributed by atoms with Gasteiger partial charge in [-0.3, -0.25) is 14.4 Å². The lowest BCUT2D eigenvalue weighted by Crippen LogP contribution is -2.47. The summed E-state index contributed by atoms with van der Waals surface area (Å²) in [6.07, 6.45) is 6.44. The molecule has 1 aliphatic rings. The van der Waals surface area contributed by atoms with Crippen molar-refractivity contribution in [2.75, 3.05) is 25.6 Å². The molecule has 1 aromatic carbocycles. The molecule has 1 aromatic heterocycles. The number of aromatic nitrogens is 1. The highest BCUT2D eigenvalue weighted by atomic mass is 16.5. The number of ether oxygens (including phenoxy) is 1. The molecule has 8 nitrogen and oxygen atoms in total. The number of carbonyl (C=O) groups excluding carboxylic acids is 3. The van der Waals surface area contributed by atoms with E-state index < -0.39 is 6.04 Å². The topological polar surface area (TPSA) is 101 Å². The van der Waals surface area contributed by atoms with E-state index in [0.717, 1.165) is 36.8 Å². The van der Waals surface area contributed by atoms with Crippen LogP contribution in [0.25, 0.3) is 0 Å². The van der Waals surface area contributed by atoms with Gasteiger partial charge in [-0.15, -0.1) is 0 Å². The zero-order valence-electron chi connectivity index (χ0n) is 20.7. The van der Waals surface area contributed by atoms with Crippen molar-refractivity contribution in [1.82, 2.24) is 15.2 Å². The Bertz CT molecular complexity index is 959. The number of carbonyl (C=O) groups is 3. The van der Waals surface area contributed by atoms with Crippen LogP contribution in [0.5, 0.6) is 0 Å². The van der Waals surface area contributed by atoms with Gasteiger partial charge in [0.05, 0.1) is 6.61 Å². The largest absolute Gasteiger partial charge is 0.383 e. The Kier molecular flexibility index (Phi) is 10.2. The van der Waals surface area contributed by atoms with Crippen molar-refractivity contribution in [3.8, 4) is 0 Å². The molecule has 188 valence electrons. The van der Waals surface area contributed by atoms with E-state index in [-0.39, 0.29) is 43.1 Å². The van der Waals surface area contributed by atoms with E-state index >= 15 is 0 Å². The Hall–Kier alpha value is -3.26. The van der Waals surface area contributed by atoms with Crippen LogP contribution in [0.15, 0.2) is 48.7 Å². The number of benzene rings is 1. The van der Waals surface area contributed by atoms with E-state index in [9.17, 15) is 14.4 Å². The number of rotatable bonds is 12. The molecular formula is C27H36N4O4. The van der Waals surface area contributed by atoms with Gasteiger partial charge in [0.2, 0.25) is 17.7 Å². The summed E-state index contributed by atoms with van der Waals surface area (Å²) in [5.74, 6) is -0.0690. The molecule has 0 aliphatic heterocycles. The summed E-state index contributed by atoms with van der Waals surface area (Å²) in [6.45, 7) is 2.58. The fourth-order valence-electron chi connectivity index (χ4n) is 4.35. The zero-order valence-corrected chi connectivity index (χ0v) is 20.7. The van der Waals surface area contributed by atoms with Crippen molar-refractivity contribution >= 4 is 23.5 Å². The molecule has 1 aliphatic carbocycles. The third-order valence-corrected chi connectivity index (χ3v) is 6.24. The molecule has 0 unspecified atom stereocenters. The Morgan fingerprint density at radius 1 is 1.09 bits per heavy atom. The number of hydrogen-bond donors (Lipinski definition) is 2. The van der Waals surface area contributed by atoms with Gasteiger partial charge < -0.3 is 20.3 Å². The van der Waals surface area contributed by atoms with Gasteiger partial charge in [0.25, 0.3) is 0 Å². The molecule has 1 heterocycles. The second-order valence-electron chi connectivity index (χ2n) is 9.00. The van der Waals surface area contributed by atoms with E-state index in [0.29, 0.717) is 18.8 Å². The molecule has 2 aromatic rings. The first-order valence-electron chi connectivity index (χ1n) is 12.3. The Labute approximate surface area is 207 Å². The van der Waals surface area contributed by atoms with Gasteiger partial charge in [0, 0.05) is 38.7 Å². The summed E-state index contributed by atoms with van der Waals surface area (Å²) in [5.41, 5.74) is 1.85. The maximum absolute atomic E-state index is 13.5. The van der Waals surface area contributed by atoms with Crippen LogP contribution in [-0.4, -0.2) is 53.9 Å². The van der Waals surface area contributed by atoms with E-state index in [1.165, 1.54) is 0 Å². The summed E-state index contributed by atoms with van der Waals surface area (Å²) in [4.78, 5) is 44.8. The van der Waals surface area contributed by atoms with Crippen molar-refractivity contribution in [2.45, 2.75) is 64.0 Å². The Morgan fingerprint density at radius 3 is 2.49 bits per heavy atom. The first-order chi connectivity index (χ1) is 17.0. The standard InChI is InChI=1S/C27H36N4O4/c1-20-13-15-21(16-14-20)26(27(34)29-22-8-3-4-9-22)31(18-19-35-2)25(33)12-7-11-24(32)30-23-10-5-6-17-28-23/h5-6,10,13-17,22,26H,3-4,7-9,11-12,18-19H2,1-2H3,(H,29,34)(H,28,30,32)/t26-/m0/s1. The first kappa shape index (κ1) is 26.3. The molecule has 0 spiro atoms.